The quantitative estimate of drug-likeness (QED) is 0.235. The maximum Gasteiger partial charge on any atom is 0 e. The van der Waals surface area contributed by atoms with Crippen molar-refractivity contribution in [3.05, 3.63) is 124 Å². The third-order valence-electron chi connectivity index (χ3n) is 3.41. The van der Waals surface area contributed by atoms with E-state index in [4.69, 9.17) is 0 Å². The van der Waals surface area contributed by atoms with E-state index in [0.717, 1.165) is 0 Å². The molecule has 0 N–H and O–H groups in total. The fraction of sp³-hybridized carbons (Fsp3) is 0.160. The molecule has 1 atom stereocenters. The first kappa shape index (κ1) is 44.5. The number of benzene rings is 1. The summed E-state index contributed by atoms with van der Waals surface area (Å²) in [4.78, 5) is 0. The fourth-order valence-corrected chi connectivity index (χ4v) is 2.14. The average Bonchev–Trinajstić information content (AvgIpc) is 3.10. The molecule has 0 heterocycles. The SMILES string of the molecule is CCC(C)[c-]1ccc2ccccc21.[CH3-].[CH3-].[CH3-].[CH3-].[CH3-].[CH3-].[CH3-].[Hf].c1cc[cH-]c1. The first-order valence-electron chi connectivity index (χ1n) is 6.64. The van der Waals surface area contributed by atoms with E-state index < -0.39 is 0 Å². The molecule has 0 aliphatic carbocycles. The molecule has 0 aliphatic heterocycles. The Hall–Kier alpha value is -0.950. The maximum atomic E-state index is 2.29. The molecule has 0 bridgehead atoms. The van der Waals surface area contributed by atoms with Gasteiger partial charge in [-0.3, -0.25) is 0 Å². The second-order valence-corrected chi connectivity index (χ2v) is 4.65. The van der Waals surface area contributed by atoms with Crippen LogP contribution in [0.4, 0.5) is 0 Å². The topological polar surface area (TPSA) is 0 Å². The van der Waals surface area contributed by atoms with Crippen molar-refractivity contribution in [2.24, 2.45) is 0 Å². The van der Waals surface area contributed by atoms with Crippen molar-refractivity contribution in [2.75, 3.05) is 0 Å². The molecule has 0 saturated heterocycles. The smallest absolute Gasteiger partial charge is 0 e. The molecule has 0 aromatic heterocycles. The third-order valence-corrected chi connectivity index (χ3v) is 3.41. The monoisotopic (exact) mass is 521 g/mol. The molecule has 0 nitrogen and oxygen atoms in total. The van der Waals surface area contributed by atoms with Gasteiger partial charge in [-0.1, -0.05) is 32.3 Å². The van der Waals surface area contributed by atoms with Gasteiger partial charge >= 0.3 is 0 Å². The molecular formula is C25H41Hf-9. The molecular weight excluding hydrogens is 479 g/mol. The van der Waals surface area contributed by atoms with Crippen LogP contribution in [0.2, 0.25) is 0 Å². The second-order valence-electron chi connectivity index (χ2n) is 4.65. The van der Waals surface area contributed by atoms with Crippen LogP contribution in [0, 0.1) is 52.0 Å². The van der Waals surface area contributed by atoms with Crippen molar-refractivity contribution >= 4 is 10.8 Å². The van der Waals surface area contributed by atoms with E-state index in [9.17, 15) is 0 Å². The summed E-state index contributed by atoms with van der Waals surface area (Å²) in [6.07, 6.45) is 1.22. The summed E-state index contributed by atoms with van der Waals surface area (Å²) in [6.45, 7) is 4.54. The van der Waals surface area contributed by atoms with Crippen LogP contribution >= 0.6 is 0 Å². The Kier molecular flexibility index (Phi) is 41.1. The molecule has 26 heavy (non-hydrogen) atoms. The molecule has 0 amide bonds. The van der Waals surface area contributed by atoms with E-state index >= 15 is 0 Å². The second kappa shape index (κ2) is 24.1. The first-order chi connectivity index (χ1) is 8.83. The Morgan fingerprint density at radius 3 is 1.73 bits per heavy atom. The van der Waals surface area contributed by atoms with Crippen molar-refractivity contribution < 1.29 is 25.8 Å². The van der Waals surface area contributed by atoms with Crippen LogP contribution in [0.25, 0.3) is 10.8 Å². The zero-order valence-corrected chi connectivity index (χ0v) is 22.2. The van der Waals surface area contributed by atoms with Gasteiger partial charge in [0, 0.05) is 25.8 Å². The van der Waals surface area contributed by atoms with Gasteiger partial charge in [-0.05, 0) is 0 Å². The van der Waals surface area contributed by atoms with E-state index in [1.54, 1.807) is 0 Å². The molecule has 0 saturated carbocycles. The molecule has 1 heteroatoms. The normalized spacial score (nSPS) is 8.23. The first-order valence-corrected chi connectivity index (χ1v) is 6.64. The summed E-state index contributed by atoms with van der Waals surface area (Å²) < 4.78 is 0. The van der Waals surface area contributed by atoms with Crippen molar-refractivity contribution in [2.45, 2.75) is 26.2 Å². The minimum atomic E-state index is 0. The van der Waals surface area contributed by atoms with E-state index in [1.165, 1.54) is 22.8 Å². The van der Waals surface area contributed by atoms with Crippen LogP contribution in [0.3, 0.4) is 0 Å². The van der Waals surface area contributed by atoms with Gasteiger partial charge < -0.3 is 52.0 Å². The predicted molar refractivity (Wildman–Crippen MR) is 125 cm³/mol. The number of rotatable bonds is 2. The molecule has 1 unspecified atom stereocenters. The third kappa shape index (κ3) is 12.4. The molecule has 0 fully saturated rings. The summed E-state index contributed by atoms with van der Waals surface area (Å²) in [6, 6.07) is 23.1. The molecule has 0 aliphatic rings. The van der Waals surface area contributed by atoms with Gasteiger partial charge in [-0.2, -0.15) is 24.3 Å². The fourth-order valence-electron chi connectivity index (χ4n) is 2.14. The number of fused-ring (bicyclic) bond motifs is 1. The van der Waals surface area contributed by atoms with Crippen LogP contribution in [-0.4, -0.2) is 0 Å². The van der Waals surface area contributed by atoms with Gasteiger partial charge in [0.25, 0.3) is 0 Å². The van der Waals surface area contributed by atoms with Gasteiger partial charge in [0.05, 0.1) is 0 Å². The van der Waals surface area contributed by atoms with Crippen molar-refractivity contribution in [3.8, 4) is 0 Å². The molecule has 154 valence electrons. The van der Waals surface area contributed by atoms with Gasteiger partial charge in [-0.25, -0.2) is 12.1 Å². The van der Waals surface area contributed by atoms with Crippen molar-refractivity contribution in [3.63, 3.8) is 0 Å². The Labute approximate surface area is 186 Å². The van der Waals surface area contributed by atoms with Gasteiger partial charge in [0.15, 0.2) is 0 Å². The molecule has 3 rings (SSSR count). The summed E-state index contributed by atoms with van der Waals surface area (Å²) in [5.74, 6) is 0.680. The Balaban J connectivity index is -0.0000000500. The Morgan fingerprint density at radius 1 is 0.808 bits per heavy atom. The average molecular weight is 520 g/mol. The van der Waals surface area contributed by atoms with E-state index in [1.807, 2.05) is 30.3 Å². The minimum Gasteiger partial charge on any atom is -0.358 e. The van der Waals surface area contributed by atoms with Crippen LogP contribution in [0.1, 0.15) is 31.7 Å². The van der Waals surface area contributed by atoms with Crippen LogP contribution in [0.15, 0.2) is 66.7 Å². The summed E-state index contributed by atoms with van der Waals surface area (Å²) in [5.41, 5.74) is 1.50. The van der Waals surface area contributed by atoms with Crippen LogP contribution < -0.4 is 0 Å². The summed E-state index contributed by atoms with van der Waals surface area (Å²) in [7, 11) is 0. The predicted octanol–water partition coefficient (Wildman–Crippen LogP) is 8.63. The Bertz CT molecular complexity index is 543. The zero-order valence-electron chi connectivity index (χ0n) is 18.6. The number of hydrogen-bond donors (Lipinski definition) is 0. The largest absolute Gasteiger partial charge is 0.358 e. The van der Waals surface area contributed by atoms with Crippen molar-refractivity contribution in [1.29, 1.82) is 0 Å². The maximum absolute atomic E-state index is 2.29. The molecule has 0 spiro atoms. The number of hydrogen-bond acceptors (Lipinski definition) is 0. The summed E-state index contributed by atoms with van der Waals surface area (Å²) in [5, 5.41) is 2.80. The molecule has 3 aromatic rings. The zero-order chi connectivity index (χ0) is 12.8. The van der Waals surface area contributed by atoms with Gasteiger partial charge in [-0.15, -0.1) is 40.6 Å². The minimum absolute atomic E-state index is 0. The Morgan fingerprint density at radius 2 is 1.31 bits per heavy atom. The van der Waals surface area contributed by atoms with Crippen LogP contribution in [0.5, 0.6) is 0 Å². The van der Waals surface area contributed by atoms with E-state index in [-0.39, 0.29) is 77.8 Å². The summed E-state index contributed by atoms with van der Waals surface area (Å²) >= 11 is 0. The van der Waals surface area contributed by atoms with Gasteiger partial charge in [0.1, 0.15) is 0 Å². The molecule has 0 radical (unpaired) electrons. The van der Waals surface area contributed by atoms with Crippen LogP contribution in [-0.2, 0) is 25.8 Å². The molecule has 3 aromatic carbocycles. The van der Waals surface area contributed by atoms with E-state index in [2.05, 4.69) is 50.2 Å². The van der Waals surface area contributed by atoms with E-state index in [0.29, 0.717) is 5.92 Å². The van der Waals surface area contributed by atoms with Crippen molar-refractivity contribution in [1.82, 2.24) is 0 Å². The van der Waals surface area contributed by atoms with Gasteiger partial charge in [0.2, 0.25) is 0 Å². The standard InChI is InChI=1S/C13H15.C5H5.7CH3.Hf/c1-3-10(2)12-9-8-11-6-4-5-7-13(11)12;1-2-4-5-3-1;;;;;;;;/h4-10H,3H2,1-2H3;1-5H;7*1H3;/q9*-1;.